The maximum Gasteiger partial charge on any atom is 0.159 e. The second kappa shape index (κ2) is 6.53. The van der Waals surface area contributed by atoms with Gasteiger partial charge in [-0.15, -0.1) is 0 Å². The van der Waals surface area contributed by atoms with Gasteiger partial charge in [-0.25, -0.2) is 8.78 Å². The minimum Gasteiger partial charge on any atom is -0.393 e. The van der Waals surface area contributed by atoms with Gasteiger partial charge in [0.05, 0.1) is 6.10 Å². The molecule has 0 radical (unpaired) electrons. The van der Waals surface area contributed by atoms with E-state index in [1.165, 1.54) is 17.6 Å². The highest BCUT2D eigenvalue weighted by Gasteiger charge is 2.18. The molecule has 1 fully saturated rings. The van der Waals surface area contributed by atoms with E-state index in [-0.39, 0.29) is 0 Å². The van der Waals surface area contributed by atoms with Crippen molar-refractivity contribution in [2.75, 3.05) is 11.5 Å². The van der Waals surface area contributed by atoms with Crippen molar-refractivity contribution < 1.29 is 13.9 Å². The molecule has 0 spiro atoms. The summed E-state index contributed by atoms with van der Waals surface area (Å²) in [5.41, 5.74) is 0.659. The first-order valence-electron chi connectivity index (χ1n) is 6.35. The Morgan fingerprint density at radius 1 is 1.22 bits per heavy atom. The molecule has 0 aliphatic carbocycles. The molecule has 18 heavy (non-hydrogen) atoms. The van der Waals surface area contributed by atoms with Crippen LogP contribution in [0.2, 0.25) is 0 Å². The normalized spacial score (nSPS) is 18.8. The molecule has 1 aromatic carbocycles. The third-order valence-corrected chi connectivity index (χ3v) is 4.45. The fourth-order valence-corrected chi connectivity index (χ4v) is 3.59. The minimum atomic E-state index is -0.839. The van der Waals surface area contributed by atoms with Crippen LogP contribution < -0.4 is 0 Å². The van der Waals surface area contributed by atoms with Crippen molar-refractivity contribution >= 4 is 11.8 Å². The molecular weight excluding hydrogens is 254 g/mol. The Labute approximate surface area is 111 Å². The van der Waals surface area contributed by atoms with Crippen LogP contribution in [0, 0.1) is 17.6 Å². The monoisotopic (exact) mass is 272 g/mol. The zero-order valence-corrected chi connectivity index (χ0v) is 11.1. The summed E-state index contributed by atoms with van der Waals surface area (Å²) >= 11 is 1.96. The molecule has 100 valence electrons. The van der Waals surface area contributed by atoms with Crippen molar-refractivity contribution in [2.24, 2.45) is 5.92 Å². The SMILES string of the molecule is OC(Cc1ccc(F)c(F)c1)CC1CCSCC1. The summed E-state index contributed by atoms with van der Waals surface area (Å²) in [6.07, 6.45) is 3.02. The van der Waals surface area contributed by atoms with Crippen LogP contribution >= 0.6 is 11.8 Å². The average molecular weight is 272 g/mol. The lowest BCUT2D eigenvalue weighted by Gasteiger charge is -2.23. The molecule has 1 aromatic rings. The van der Waals surface area contributed by atoms with Crippen LogP contribution in [0.15, 0.2) is 18.2 Å². The van der Waals surface area contributed by atoms with E-state index < -0.39 is 17.7 Å². The summed E-state index contributed by atoms with van der Waals surface area (Å²) in [5, 5.41) is 9.99. The van der Waals surface area contributed by atoms with Crippen LogP contribution in [0.25, 0.3) is 0 Å². The van der Waals surface area contributed by atoms with E-state index in [1.807, 2.05) is 11.8 Å². The summed E-state index contributed by atoms with van der Waals surface area (Å²) in [4.78, 5) is 0. The maximum absolute atomic E-state index is 13.0. The Kier molecular flexibility index (Phi) is 5.01. The van der Waals surface area contributed by atoms with Crippen molar-refractivity contribution in [3.05, 3.63) is 35.4 Å². The molecular formula is C14H18F2OS. The lowest BCUT2D eigenvalue weighted by atomic mass is 9.93. The molecule has 0 bridgehead atoms. The summed E-state index contributed by atoms with van der Waals surface area (Å²) < 4.78 is 25.8. The van der Waals surface area contributed by atoms with Crippen LogP contribution in [-0.4, -0.2) is 22.7 Å². The number of benzene rings is 1. The number of hydrogen-bond acceptors (Lipinski definition) is 2. The van der Waals surface area contributed by atoms with Gasteiger partial charge in [0.1, 0.15) is 0 Å². The molecule has 0 amide bonds. The van der Waals surface area contributed by atoms with Crippen molar-refractivity contribution in [1.29, 1.82) is 0 Å². The first kappa shape index (κ1) is 13.8. The van der Waals surface area contributed by atoms with E-state index in [0.717, 1.165) is 25.3 Å². The van der Waals surface area contributed by atoms with Gasteiger partial charge in [-0.05, 0) is 60.8 Å². The standard InChI is InChI=1S/C14H18F2OS/c15-13-2-1-11(9-14(13)16)8-12(17)7-10-3-5-18-6-4-10/h1-2,9-10,12,17H,3-8H2. The molecule has 1 aliphatic rings. The van der Waals surface area contributed by atoms with Gasteiger partial charge in [-0.3, -0.25) is 0 Å². The molecule has 0 saturated carbocycles. The Morgan fingerprint density at radius 3 is 2.61 bits per heavy atom. The summed E-state index contributed by atoms with van der Waals surface area (Å²) in [6.45, 7) is 0. The second-order valence-corrected chi connectivity index (χ2v) is 6.12. The minimum absolute atomic E-state index is 0.404. The number of thioether (sulfide) groups is 1. The van der Waals surface area contributed by atoms with E-state index in [2.05, 4.69) is 0 Å². The van der Waals surface area contributed by atoms with Crippen LogP contribution in [-0.2, 0) is 6.42 Å². The van der Waals surface area contributed by atoms with E-state index in [1.54, 1.807) is 6.07 Å². The highest BCUT2D eigenvalue weighted by molar-refractivity contribution is 7.99. The molecule has 1 heterocycles. The summed E-state index contributed by atoms with van der Waals surface area (Å²) in [7, 11) is 0. The van der Waals surface area contributed by atoms with E-state index in [0.29, 0.717) is 17.9 Å². The van der Waals surface area contributed by atoms with Gasteiger partial charge < -0.3 is 5.11 Å². The molecule has 1 N–H and O–H groups in total. The van der Waals surface area contributed by atoms with Gasteiger partial charge in [0.25, 0.3) is 0 Å². The number of rotatable bonds is 4. The third-order valence-electron chi connectivity index (χ3n) is 3.40. The number of hydrogen-bond donors (Lipinski definition) is 1. The quantitative estimate of drug-likeness (QED) is 0.906. The first-order valence-corrected chi connectivity index (χ1v) is 7.50. The van der Waals surface area contributed by atoms with Crippen molar-refractivity contribution in [2.45, 2.75) is 31.8 Å². The van der Waals surface area contributed by atoms with Crippen LogP contribution in [0.1, 0.15) is 24.8 Å². The van der Waals surface area contributed by atoms with Gasteiger partial charge in [0, 0.05) is 0 Å². The highest BCUT2D eigenvalue weighted by atomic mass is 32.2. The zero-order chi connectivity index (χ0) is 13.0. The Balaban J connectivity index is 1.85. The lowest BCUT2D eigenvalue weighted by molar-refractivity contribution is 0.139. The fraction of sp³-hybridized carbons (Fsp3) is 0.571. The molecule has 2 rings (SSSR count). The predicted octanol–water partition coefficient (Wildman–Crippen LogP) is 3.40. The van der Waals surface area contributed by atoms with Crippen LogP contribution in [0.4, 0.5) is 8.78 Å². The second-order valence-electron chi connectivity index (χ2n) is 4.90. The van der Waals surface area contributed by atoms with Gasteiger partial charge >= 0.3 is 0 Å². The first-order chi connectivity index (χ1) is 8.65. The van der Waals surface area contributed by atoms with Crippen molar-refractivity contribution in [1.82, 2.24) is 0 Å². The van der Waals surface area contributed by atoms with E-state index >= 15 is 0 Å². The Morgan fingerprint density at radius 2 is 1.94 bits per heavy atom. The van der Waals surface area contributed by atoms with Gasteiger partial charge in [0.15, 0.2) is 11.6 Å². The molecule has 1 atom stereocenters. The molecule has 1 nitrogen and oxygen atoms in total. The number of aliphatic hydroxyl groups is 1. The van der Waals surface area contributed by atoms with Gasteiger partial charge in [-0.2, -0.15) is 11.8 Å². The van der Waals surface area contributed by atoms with Gasteiger partial charge in [0.2, 0.25) is 0 Å². The predicted molar refractivity (Wildman–Crippen MR) is 70.7 cm³/mol. The number of aliphatic hydroxyl groups excluding tert-OH is 1. The average Bonchev–Trinajstić information content (AvgIpc) is 2.35. The summed E-state index contributed by atoms with van der Waals surface area (Å²) in [5.74, 6) is 1.24. The Hall–Kier alpha value is -0.610. The number of halogens is 2. The molecule has 1 unspecified atom stereocenters. The van der Waals surface area contributed by atoms with E-state index in [4.69, 9.17) is 0 Å². The third kappa shape index (κ3) is 3.95. The molecule has 1 saturated heterocycles. The zero-order valence-electron chi connectivity index (χ0n) is 10.2. The largest absolute Gasteiger partial charge is 0.393 e. The van der Waals surface area contributed by atoms with Crippen LogP contribution in [0.3, 0.4) is 0 Å². The van der Waals surface area contributed by atoms with E-state index in [9.17, 15) is 13.9 Å². The smallest absolute Gasteiger partial charge is 0.159 e. The molecule has 1 aliphatic heterocycles. The molecule has 0 aromatic heterocycles. The van der Waals surface area contributed by atoms with Crippen LogP contribution in [0.5, 0.6) is 0 Å². The highest BCUT2D eigenvalue weighted by Crippen LogP contribution is 2.27. The molecule has 4 heteroatoms. The lowest BCUT2D eigenvalue weighted by Crippen LogP contribution is -2.19. The summed E-state index contributed by atoms with van der Waals surface area (Å²) in [6, 6.07) is 3.84. The Bertz CT molecular complexity index is 391. The topological polar surface area (TPSA) is 20.2 Å². The fourth-order valence-electron chi connectivity index (χ4n) is 2.39. The van der Waals surface area contributed by atoms with Crippen molar-refractivity contribution in [3.8, 4) is 0 Å². The van der Waals surface area contributed by atoms with Crippen molar-refractivity contribution in [3.63, 3.8) is 0 Å². The maximum atomic E-state index is 13.0. The van der Waals surface area contributed by atoms with Gasteiger partial charge in [-0.1, -0.05) is 6.07 Å².